The van der Waals surface area contributed by atoms with Crippen molar-refractivity contribution < 1.29 is 15.3 Å². The molecular weight excluding hydrogens is 156 g/mol. The van der Waals surface area contributed by atoms with Gasteiger partial charge in [-0.05, 0) is 11.8 Å². The fraction of sp³-hybridized carbons (Fsp3) is 0.778. The van der Waals surface area contributed by atoms with Gasteiger partial charge >= 0.3 is 0 Å². The Bertz CT molecular complexity index is 149. The Morgan fingerprint density at radius 1 is 1.08 bits per heavy atom. The summed E-state index contributed by atoms with van der Waals surface area (Å²) in [5.41, 5.74) is 0. The average molecular weight is 172 g/mol. The zero-order valence-electron chi connectivity index (χ0n) is 7.22. The summed E-state index contributed by atoms with van der Waals surface area (Å²) in [7, 11) is 0. The minimum absolute atomic E-state index is 0.0185. The Morgan fingerprint density at radius 3 is 2.08 bits per heavy atom. The van der Waals surface area contributed by atoms with Crippen molar-refractivity contribution in [2.45, 2.75) is 13.0 Å². The van der Waals surface area contributed by atoms with Crippen LogP contribution in [0.1, 0.15) is 6.92 Å². The van der Waals surface area contributed by atoms with Crippen LogP contribution in [0.25, 0.3) is 0 Å². The first-order chi connectivity index (χ1) is 5.70. The minimum Gasteiger partial charge on any atom is -0.396 e. The largest absolute Gasteiger partial charge is 0.396 e. The fourth-order valence-corrected chi connectivity index (χ4v) is 1.76. The molecule has 70 valence electrons. The van der Waals surface area contributed by atoms with E-state index in [9.17, 15) is 5.11 Å². The zero-order valence-corrected chi connectivity index (χ0v) is 7.22. The number of hydrogen-bond donors (Lipinski definition) is 3. The van der Waals surface area contributed by atoms with Crippen LogP contribution in [0.4, 0.5) is 0 Å². The molecule has 4 atom stereocenters. The first-order valence-corrected chi connectivity index (χ1v) is 4.28. The summed E-state index contributed by atoms with van der Waals surface area (Å²) in [6.45, 7) is 1.93. The molecule has 0 saturated heterocycles. The van der Waals surface area contributed by atoms with Crippen molar-refractivity contribution in [3.05, 3.63) is 12.2 Å². The summed E-state index contributed by atoms with van der Waals surface area (Å²) >= 11 is 0. The summed E-state index contributed by atoms with van der Waals surface area (Å²) in [6.07, 6.45) is 2.97. The van der Waals surface area contributed by atoms with E-state index >= 15 is 0 Å². The van der Waals surface area contributed by atoms with Gasteiger partial charge in [-0.25, -0.2) is 0 Å². The van der Waals surface area contributed by atoms with Gasteiger partial charge in [0.15, 0.2) is 0 Å². The number of hydrogen-bond acceptors (Lipinski definition) is 3. The third-order valence-corrected chi connectivity index (χ3v) is 2.70. The van der Waals surface area contributed by atoms with Crippen molar-refractivity contribution in [3.8, 4) is 0 Å². The van der Waals surface area contributed by atoms with Crippen molar-refractivity contribution in [2.75, 3.05) is 13.2 Å². The maximum atomic E-state index is 9.43. The molecule has 3 nitrogen and oxygen atoms in total. The van der Waals surface area contributed by atoms with E-state index in [0.29, 0.717) is 0 Å². The van der Waals surface area contributed by atoms with Crippen LogP contribution in [-0.4, -0.2) is 34.6 Å². The standard InChI is InChI=1S/C9H16O3/c1-6-2-3-9(12)8(5-11)7(6)4-10/h2-3,6-12H,4-5H2,1H3/t6-,7-,8-,9+/m0/s1. The van der Waals surface area contributed by atoms with E-state index in [4.69, 9.17) is 10.2 Å². The average Bonchev–Trinajstić information content (AvgIpc) is 2.08. The van der Waals surface area contributed by atoms with Gasteiger partial charge in [0.1, 0.15) is 0 Å². The van der Waals surface area contributed by atoms with Crippen LogP contribution in [0.2, 0.25) is 0 Å². The second kappa shape index (κ2) is 4.03. The van der Waals surface area contributed by atoms with Crippen LogP contribution in [0.3, 0.4) is 0 Å². The molecular formula is C9H16O3. The Morgan fingerprint density at radius 2 is 1.67 bits per heavy atom. The Balaban J connectivity index is 2.73. The van der Waals surface area contributed by atoms with E-state index in [1.165, 1.54) is 0 Å². The third-order valence-electron chi connectivity index (χ3n) is 2.70. The molecule has 0 amide bonds. The van der Waals surface area contributed by atoms with E-state index < -0.39 is 6.10 Å². The lowest BCUT2D eigenvalue weighted by molar-refractivity contribution is 0.0155. The summed E-state index contributed by atoms with van der Waals surface area (Å²) in [5.74, 6) is 0.000509. The van der Waals surface area contributed by atoms with Crippen molar-refractivity contribution in [2.24, 2.45) is 17.8 Å². The maximum Gasteiger partial charge on any atom is 0.0774 e. The second-order valence-electron chi connectivity index (χ2n) is 3.43. The lowest BCUT2D eigenvalue weighted by Crippen LogP contribution is -2.38. The van der Waals surface area contributed by atoms with Gasteiger partial charge in [-0.15, -0.1) is 0 Å². The molecule has 0 unspecified atom stereocenters. The molecule has 0 aliphatic heterocycles. The lowest BCUT2D eigenvalue weighted by Gasteiger charge is -2.33. The van der Waals surface area contributed by atoms with Crippen LogP contribution in [0, 0.1) is 17.8 Å². The molecule has 0 bridgehead atoms. The predicted octanol–water partition coefficient (Wildman–Crippen LogP) is -0.230. The summed E-state index contributed by atoms with van der Waals surface area (Å²) in [4.78, 5) is 0. The number of aliphatic hydroxyl groups excluding tert-OH is 3. The predicted molar refractivity (Wildman–Crippen MR) is 45.5 cm³/mol. The number of allylic oxidation sites excluding steroid dienone is 1. The molecule has 3 heteroatoms. The van der Waals surface area contributed by atoms with Gasteiger partial charge < -0.3 is 15.3 Å². The van der Waals surface area contributed by atoms with Gasteiger partial charge in [0, 0.05) is 19.1 Å². The maximum absolute atomic E-state index is 9.43. The molecule has 0 aromatic rings. The highest BCUT2D eigenvalue weighted by molar-refractivity contribution is 5.04. The van der Waals surface area contributed by atoms with Crippen LogP contribution in [0.5, 0.6) is 0 Å². The summed E-state index contributed by atoms with van der Waals surface area (Å²) in [6, 6.07) is 0. The van der Waals surface area contributed by atoms with Gasteiger partial charge in [0.25, 0.3) is 0 Å². The van der Waals surface area contributed by atoms with Gasteiger partial charge in [0.2, 0.25) is 0 Å². The van der Waals surface area contributed by atoms with Crippen molar-refractivity contribution >= 4 is 0 Å². The molecule has 1 aliphatic rings. The molecule has 0 saturated carbocycles. The molecule has 1 aliphatic carbocycles. The third kappa shape index (κ3) is 1.68. The summed E-state index contributed by atoms with van der Waals surface area (Å²) < 4.78 is 0. The Kier molecular flexibility index (Phi) is 3.26. The van der Waals surface area contributed by atoms with E-state index in [-0.39, 0.29) is 31.0 Å². The van der Waals surface area contributed by atoms with E-state index in [0.717, 1.165) is 0 Å². The first kappa shape index (κ1) is 9.71. The molecule has 0 aromatic carbocycles. The van der Waals surface area contributed by atoms with Crippen molar-refractivity contribution in [1.29, 1.82) is 0 Å². The highest BCUT2D eigenvalue weighted by Crippen LogP contribution is 2.29. The molecule has 0 aromatic heterocycles. The zero-order chi connectivity index (χ0) is 9.14. The molecule has 0 fully saturated rings. The van der Waals surface area contributed by atoms with Crippen molar-refractivity contribution in [3.63, 3.8) is 0 Å². The van der Waals surface area contributed by atoms with Crippen LogP contribution in [0.15, 0.2) is 12.2 Å². The number of aliphatic hydroxyl groups is 3. The van der Waals surface area contributed by atoms with Gasteiger partial charge in [-0.2, -0.15) is 0 Å². The molecule has 0 heterocycles. The summed E-state index contributed by atoms with van der Waals surface area (Å²) in [5, 5.41) is 27.4. The highest BCUT2D eigenvalue weighted by atomic mass is 16.3. The van der Waals surface area contributed by atoms with Crippen molar-refractivity contribution in [1.82, 2.24) is 0 Å². The number of rotatable bonds is 2. The first-order valence-electron chi connectivity index (χ1n) is 4.28. The molecule has 0 radical (unpaired) electrons. The minimum atomic E-state index is -0.608. The molecule has 0 spiro atoms. The van der Waals surface area contributed by atoms with Gasteiger partial charge in [0.05, 0.1) is 6.10 Å². The highest BCUT2D eigenvalue weighted by Gasteiger charge is 2.32. The van der Waals surface area contributed by atoms with E-state index in [1.807, 2.05) is 13.0 Å². The molecule has 3 N–H and O–H groups in total. The lowest BCUT2D eigenvalue weighted by atomic mass is 9.76. The van der Waals surface area contributed by atoms with Crippen LogP contribution in [-0.2, 0) is 0 Å². The van der Waals surface area contributed by atoms with E-state index in [1.54, 1.807) is 6.08 Å². The van der Waals surface area contributed by atoms with Gasteiger partial charge in [-0.1, -0.05) is 19.1 Å². The SMILES string of the molecule is C[C@H]1C=C[C@@H](O)[C@@H](CO)[C@H]1CO. The fourth-order valence-electron chi connectivity index (χ4n) is 1.76. The monoisotopic (exact) mass is 172 g/mol. The normalized spacial score (nSPS) is 41.7. The van der Waals surface area contributed by atoms with Gasteiger partial charge in [-0.3, -0.25) is 0 Å². The molecule has 12 heavy (non-hydrogen) atoms. The van der Waals surface area contributed by atoms with Crippen LogP contribution >= 0.6 is 0 Å². The van der Waals surface area contributed by atoms with E-state index in [2.05, 4.69) is 0 Å². The Hall–Kier alpha value is -0.380. The topological polar surface area (TPSA) is 60.7 Å². The van der Waals surface area contributed by atoms with Crippen LogP contribution < -0.4 is 0 Å². The smallest absolute Gasteiger partial charge is 0.0774 e. The Labute approximate surface area is 72.3 Å². The molecule has 1 rings (SSSR count). The quantitative estimate of drug-likeness (QED) is 0.504. The second-order valence-corrected chi connectivity index (χ2v) is 3.43.